The predicted molar refractivity (Wildman–Crippen MR) is 133 cm³/mol. The number of nitrogen functional groups attached to an aromatic ring is 1. The van der Waals surface area contributed by atoms with Crippen LogP contribution in [0.2, 0.25) is 0 Å². The maximum Gasteiger partial charge on any atom is 0.410 e. The lowest BCUT2D eigenvalue weighted by Crippen LogP contribution is -2.39. The van der Waals surface area contributed by atoms with Gasteiger partial charge in [0.25, 0.3) is 0 Å². The molecule has 1 saturated heterocycles. The lowest BCUT2D eigenvalue weighted by Gasteiger charge is -2.30. The second-order valence-electron chi connectivity index (χ2n) is 10.2. The van der Waals surface area contributed by atoms with Crippen molar-refractivity contribution < 1.29 is 18.3 Å². The highest BCUT2D eigenvalue weighted by Gasteiger charge is 2.27. The molecule has 3 aromatic rings. The molecule has 0 spiro atoms. The van der Waals surface area contributed by atoms with E-state index in [-0.39, 0.29) is 35.6 Å². The molecule has 9 nitrogen and oxygen atoms in total. The summed E-state index contributed by atoms with van der Waals surface area (Å²) >= 11 is 0. The predicted octanol–water partition coefficient (Wildman–Crippen LogP) is 4.88. The van der Waals surface area contributed by atoms with Gasteiger partial charge >= 0.3 is 6.09 Å². The van der Waals surface area contributed by atoms with Gasteiger partial charge in [0.1, 0.15) is 28.7 Å². The van der Waals surface area contributed by atoms with Crippen LogP contribution in [0.3, 0.4) is 0 Å². The van der Waals surface area contributed by atoms with E-state index in [4.69, 9.17) is 10.5 Å². The van der Waals surface area contributed by atoms with E-state index in [0.29, 0.717) is 24.3 Å². The number of hydrogen-bond donors (Lipinski definition) is 1. The van der Waals surface area contributed by atoms with Crippen molar-refractivity contribution in [2.24, 2.45) is 0 Å². The summed E-state index contributed by atoms with van der Waals surface area (Å²) in [5.74, 6) is -1.56. The molecule has 0 saturated carbocycles. The number of halogens is 2. The maximum absolute atomic E-state index is 14.1. The van der Waals surface area contributed by atoms with Crippen LogP contribution in [0, 0.1) is 23.0 Å². The fourth-order valence-electron chi connectivity index (χ4n) is 4.50. The van der Waals surface area contributed by atoms with Crippen molar-refractivity contribution in [2.45, 2.75) is 64.6 Å². The normalized spacial score (nSPS) is 15.2. The third-order valence-electron chi connectivity index (χ3n) is 6.26. The fraction of sp³-hybridized carbons (Fsp3) is 0.462. The van der Waals surface area contributed by atoms with Crippen LogP contribution < -0.4 is 5.73 Å². The molecule has 37 heavy (non-hydrogen) atoms. The first-order valence-corrected chi connectivity index (χ1v) is 12.3. The molecule has 0 atom stereocenters. The Morgan fingerprint density at radius 2 is 1.95 bits per heavy atom. The summed E-state index contributed by atoms with van der Waals surface area (Å²) < 4.78 is 36.3. The Kier molecular flexibility index (Phi) is 7.47. The molecule has 196 valence electrons. The lowest BCUT2D eigenvalue weighted by molar-refractivity contribution is 0.0228. The number of ether oxygens (including phenoxy) is 1. The van der Waals surface area contributed by atoms with Gasteiger partial charge in [0.05, 0.1) is 18.8 Å². The van der Waals surface area contributed by atoms with Crippen molar-refractivity contribution in [1.29, 1.82) is 5.26 Å². The largest absolute Gasteiger partial charge is 0.444 e. The van der Waals surface area contributed by atoms with E-state index in [0.717, 1.165) is 31.7 Å². The molecule has 2 aromatic heterocycles. The number of rotatable bonds is 4. The number of carbonyl (C=O) groups excluding carboxylic acids is 1. The Morgan fingerprint density at radius 3 is 2.59 bits per heavy atom. The van der Waals surface area contributed by atoms with E-state index < -0.39 is 17.2 Å². The van der Waals surface area contributed by atoms with E-state index >= 15 is 0 Å². The van der Waals surface area contributed by atoms with Crippen LogP contribution in [0.15, 0.2) is 30.6 Å². The Labute approximate surface area is 214 Å². The summed E-state index contributed by atoms with van der Waals surface area (Å²) in [4.78, 5) is 14.2. The van der Waals surface area contributed by atoms with Gasteiger partial charge in [-0.3, -0.25) is 4.68 Å². The van der Waals surface area contributed by atoms with E-state index in [9.17, 15) is 18.8 Å². The third-order valence-corrected chi connectivity index (χ3v) is 6.26. The monoisotopic (exact) mass is 511 g/mol. The molecule has 1 amide bonds. The summed E-state index contributed by atoms with van der Waals surface area (Å²) in [6.45, 7) is 6.69. The van der Waals surface area contributed by atoms with Crippen LogP contribution in [-0.4, -0.2) is 49.2 Å². The zero-order chi connectivity index (χ0) is 26.7. The Balaban J connectivity index is 1.50. The zero-order valence-electron chi connectivity index (χ0n) is 21.2. The van der Waals surface area contributed by atoms with E-state index in [1.165, 1.54) is 23.0 Å². The first-order chi connectivity index (χ1) is 17.6. The molecule has 1 aromatic carbocycles. The standard InChI is InChI=1S/C26H31F2N7O2/c1-26(2,3)37-25(36)33-11-5-8-19(9-6-12-33)35-24(30)20(13-29)23(32-35)18-14-31-34(16-18)15-17-7-4-10-21(27)22(17)28/h4,7,10,14,16,19H,5-6,8-9,11-12,15,30H2,1-3H3. The minimum atomic E-state index is -0.920. The summed E-state index contributed by atoms with van der Waals surface area (Å²) in [6.07, 6.45) is 5.78. The minimum absolute atomic E-state index is 0.0262. The molecule has 1 aliphatic heterocycles. The number of carbonyl (C=O) groups is 1. The van der Waals surface area contributed by atoms with Gasteiger partial charge in [-0.05, 0) is 52.5 Å². The molecule has 2 N–H and O–H groups in total. The van der Waals surface area contributed by atoms with Crippen molar-refractivity contribution in [2.75, 3.05) is 18.8 Å². The second-order valence-corrected chi connectivity index (χ2v) is 10.2. The number of aromatic nitrogens is 4. The number of benzene rings is 1. The number of amides is 1. The summed E-state index contributed by atoms with van der Waals surface area (Å²) in [5.41, 5.74) is 7.17. The highest BCUT2D eigenvalue weighted by Crippen LogP contribution is 2.32. The number of likely N-dealkylation sites (tertiary alicyclic amines) is 1. The molecule has 1 fully saturated rings. The Hall–Kier alpha value is -3.94. The van der Waals surface area contributed by atoms with Gasteiger partial charge in [-0.1, -0.05) is 12.1 Å². The molecular weight excluding hydrogens is 480 g/mol. The van der Waals surface area contributed by atoms with Crippen LogP contribution in [0.25, 0.3) is 11.3 Å². The van der Waals surface area contributed by atoms with Gasteiger partial charge in [0.15, 0.2) is 11.6 Å². The smallest absolute Gasteiger partial charge is 0.410 e. The summed E-state index contributed by atoms with van der Waals surface area (Å²) in [7, 11) is 0. The molecule has 4 rings (SSSR count). The SMILES string of the molecule is CC(C)(C)OC(=O)N1CCCC(n2nc(-c3cnn(Cc4cccc(F)c4F)c3)c(C#N)c2N)CCC1. The maximum atomic E-state index is 14.1. The molecule has 0 unspecified atom stereocenters. The number of nitrogens with zero attached hydrogens (tertiary/aromatic N) is 6. The van der Waals surface area contributed by atoms with Crippen molar-refractivity contribution in [3.05, 3.63) is 53.4 Å². The van der Waals surface area contributed by atoms with Gasteiger partial charge in [0, 0.05) is 30.4 Å². The number of hydrogen-bond acceptors (Lipinski definition) is 6. The summed E-state index contributed by atoms with van der Waals surface area (Å²) in [5, 5.41) is 18.7. The van der Waals surface area contributed by atoms with Crippen LogP contribution in [0.4, 0.5) is 19.4 Å². The van der Waals surface area contributed by atoms with Gasteiger partial charge in [-0.25, -0.2) is 18.3 Å². The molecule has 3 heterocycles. The Bertz CT molecular complexity index is 1310. The summed E-state index contributed by atoms with van der Waals surface area (Å²) in [6, 6.07) is 6.11. The van der Waals surface area contributed by atoms with E-state index in [2.05, 4.69) is 16.3 Å². The van der Waals surface area contributed by atoms with Gasteiger partial charge in [-0.15, -0.1) is 0 Å². The van der Waals surface area contributed by atoms with Crippen molar-refractivity contribution in [3.63, 3.8) is 0 Å². The van der Waals surface area contributed by atoms with Crippen molar-refractivity contribution in [3.8, 4) is 17.3 Å². The molecule has 1 aliphatic rings. The van der Waals surface area contributed by atoms with Crippen LogP contribution in [0.1, 0.15) is 63.6 Å². The van der Waals surface area contributed by atoms with E-state index in [1.807, 2.05) is 20.8 Å². The number of nitrogens with two attached hydrogens (primary N) is 1. The quantitative estimate of drug-likeness (QED) is 0.534. The first-order valence-electron chi connectivity index (χ1n) is 12.3. The molecule has 0 bridgehead atoms. The highest BCUT2D eigenvalue weighted by molar-refractivity contribution is 5.72. The Morgan fingerprint density at radius 1 is 1.24 bits per heavy atom. The topological polar surface area (TPSA) is 115 Å². The van der Waals surface area contributed by atoms with Crippen LogP contribution in [-0.2, 0) is 11.3 Å². The zero-order valence-corrected chi connectivity index (χ0v) is 21.2. The average molecular weight is 512 g/mol. The van der Waals surface area contributed by atoms with Gasteiger partial charge in [0.2, 0.25) is 0 Å². The van der Waals surface area contributed by atoms with Crippen LogP contribution >= 0.6 is 0 Å². The lowest BCUT2D eigenvalue weighted by atomic mass is 10.0. The minimum Gasteiger partial charge on any atom is -0.444 e. The van der Waals surface area contributed by atoms with Gasteiger partial charge in [-0.2, -0.15) is 15.5 Å². The van der Waals surface area contributed by atoms with Crippen LogP contribution in [0.5, 0.6) is 0 Å². The molecule has 11 heteroatoms. The molecule has 0 radical (unpaired) electrons. The molecular formula is C26H31F2N7O2. The van der Waals surface area contributed by atoms with Gasteiger partial charge < -0.3 is 15.4 Å². The number of nitriles is 1. The first kappa shape index (κ1) is 26.1. The molecule has 0 aliphatic carbocycles. The van der Waals surface area contributed by atoms with Crippen molar-refractivity contribution >= 4 is 11.9 Å². The average Bonchev–Trinajstić information content (AvgIpc) is 3.39. The van der Waals surface area contributed by atoms with E-state index in [1.54, 1.807) is 15.8 Å². The second kappa shape index (κ2) is 10.6. The third kappa shape index (κ3) is 5.90. The highest BCUT2D eigenvalue weighted by atomic mass is 19.2. The fourth-order valence-corrected chi connectivity index (χ4v) is 4.50. The van der Waals surface area contributed by atoms with Crippen molar-refractivity contribution in [1.82, 2.24) is 24.5 Å². The number of anilines is 1.